The van der Waals surface area contributed by atoms with Crippen molar-refractivity contribution >= 4 is 17.5 Å². The third kappa shape index (κ3) is 4.82. The molecule has 0 aliphatic carbocycles. The molecule has 2 aliphatic rings. The zero-order valence-corrected chi connectivity index (χ0v) is 15.0. The van der Waals surface area contributed by atoms with Gasteiger partial charge in [-0.15, -0.1) is 0 Å². The first-order valence-electron chi connectivity index (χ1n) is 9.43. The molecule has 5 nitrogen and oxygen atoms in total. The van der Waals surface area contributed by atoms with E-state index >= 15 is 0 Å². The molecule has 0 aromatic heterocycles. The van der Waals surface area contributed by atoms with Gasteiger partial charge in [0, 0.05) is 26.1 Å². The largest absolute Gasteiger partial charge is 0.378 e. The van der Waals surface area contributed by atoms with E-state index in [4.69, 9.17) is 4.74 Å². The third-order valence-electron chi connectivity index (χ3n) is 5.22. The van der Waals surface area contributed by atoms with E-state index in [-0.39, 0.29) is 17.9 Å². The van der Waals surface area contributed by atoms with Crippen LogP contribution in [0.5, 0.6) is 0 Å². The van der Waals surface area contributed by atoms with Crippen LogP contribution in [0, 0.1) is 5.92 Å². The highest BCUT2D eigenvalue weighted by Crippen LogP contribution is 2.23. The number of rotatable bonds is 5. The average molecular weight is 344 g/mol. The summed E-state index contributed by atoms with van der Waals surface area (Å²) < 4.78 is 5.56. The number of benzene rings is 1. The fraction of sp³-hybridized carbons (Fsp3) is 0.600. The zero-order valence-electron chi connectivity index (χ0n) is 15.0. The monoisotopic (exact) mass is 344 g/mol. The van der Waals surface area contributed by atoms with Crippen molar-refractivity contribution in [2.24, 2.45) is 5.92 Å². The number of anilines is 1. The number of piperidine rings is 1. The maximum absolute atomic E-state index is 12.8. The Morgan fingerprint density at radius 1 is 1.20 bits per heavy atom. The number of nitrogens with one attached hydrogen (secondary N) is 1. The Labute approximate surface area is 149 Å². The van der Waals surface area contributed by atoms with E-state index in [9.17, 15) is 9.59 Å². The molecular weight excluding hydrogens is 316 g/mol. The number of hydrogen-bond acceptors (Lipinski definition) is 3. The van der Waals surface area contributed by atoms with Crippen LogP contribution in [0.25, 0.3) is 0 Å². The highest BCUT2D eigenvalue weighted by atomic mass is 16.5. The average Bonchev–Trinajstić information content (AvgIpc) is 3.14. The lowest BCUT2D eigenvalue weighted by Gasteiger charge is -2.30. The summed E-state index contributed by atoms with van der Waals surface area (Å²) in [7, 11) is 0. The lowest BCUT2D eigenvalue weighted by molar-refractivity contribution is -0.116. The van der Waals surface area contributed by atoms with Gasteiger partial charge in [0.05, 0.1) is 17.4 Å². The zero-order chi connectivity index (χ0) is 17.6. The van der Waals surface area contributed by atoms with E-state index in [1.165, 1.54) is 0 Å². The molecule has 3 rings (SSSR count). The number of para-hydroxylation sites is 1. The van der Waals surface area contributed by atoms with E-state index in [2.05, 4.69) is 12.2 Å². The Bertz CT molecular complexity index is 603. The van der Waals surface area contributed by atoms with Crippen molar-refractivity contribution in [3.05, 3.63) is 29.8 Å². The summed E-state index contributed by atoms with van der Waals surface area (Å²) in [6.07, 6.45) is 5.58. The van der Waals surface area contributed by atoms with Crippen LogP contribution >= 0.6 is 0 Å². The smallest absolute Gasteiger partial charge is 0.255 e. The molecule has 2 aliphatic heterocycles. The van der Waals surface area contributed by atoms with Gasteiger partial charge in [-0.1, -0.05) is 19.1 Å². The second-order valence-electron chi connectivity index (χ2n) is 7.24. The van der Waals surface area contributed by atoms with Crippen molar-refractivity contribution < 1.29 is 14.3 Å². The lowest BCUT2D eigenvalue weighted by Crippen LogP contribution is -2.38. The summed E-state index contributed by atoms with van der Waals surface area (Å²) in [4.78, 5) is 27.0. The fourth-order valence-corrected chi connectivity index (χ4v) is 3.54. The van der Waals surface area contributed by atoms with Gasteiger partial charge in [-0.05, 0) is 50.2 Å². The van der Waals surface area contributed by atoms with Gasteiger partial charge in [0.15, 0.2) is 0 Å². The molecule has 2 saturated heterocycles. The highest BCUT2D eigenvalue weighted by Gasteiger charge is 2.24. The minimum atomic E-state index is -0.0528. The molecule has 1 aromatic rings. The molecule has 1 unspecified atom stereocenters. The summed E-state index contributed by atoms with van der Waals surface area (Å²) in [6, 6.07) is 7.31. The molecule has 5 heteroatoms. The summed E-state index contributed by atoms with van der Waals surface area (Å²) in [5.41, 5.74) is 1.20. The Kier molecular flexibility index (Phi) is 6.08. The van der Waals surface area contributed by atoms with Crippen molar-refractivity contribution in [2.75, 3.05) is 25.0 Å². The molecule has 136 valence electrons. The van der Waals surface area contributed by atoms with Crippen LogP contribution in [0.4, 0.5) is 5.69 Å². The quantitative estimate of drug-likeness (QED) is 0.890. The molecule has 2 heterocycles. The SMILES string of the molecule is CC1CCN(C(=O)c2ccccc2NC(=O)CCC2CCCO2)CC1. The van der Waals surface area contributed by atoms with E-state index in [0.29, 0.717) is 23.6 Å². The van der Waals surface area contributed by atoms with Crippen molar-refractivity contribution in [3.63, 3.8) is 0 Å². The molecule has 1 aromatic carbocycles. The third-order valence-corrected chi connectivity index (χ3v) is 5.22. The van der Waals surface area contributed by atoms with E-state index in [0.717, 1.165) is 51.8 Å². The predicted molar refractivity (Wildman–Crippen MR) is 97.6 cm³/mol. The van der Waals surface area contributed by atoms with E-state index in [1.807, 2.05) is 23.1 Å². The van der Waals surface area contributed by atoms with E-state index < -0.39 is 0 Å². The number of nitrogens with zero attached hydrogens (tertiary/aromatic N) is 1. The second-order valence-corrected chi connectivity index (χ2v) is 7.24. The minimum Gasteiger partial charge on any atom is -0.378 e. The molecule has 0 radical (unpaired) electrons. The van der Waals surface area contributed by atoms with E-state index in [1.54, 1.807) is 6.07 Å². The minimum absolute atomic E-state index is 0.0157. The first-order chi connectivity index (χ1) is 12.1. The second kappa shape index (κ2) is 8.48. The Balaban J connectivity index is 1.59. The van der Waals surface area contributed by atoms with Gasteiger partial charge in [0.2, 0.25) is 5.91 Å². The Morgan fingerprint density at radius 2 is 1.96 bits per heavy atom. The van der Waals surface area contributed by atoms with Crippen LogP contribution in [0.2, 0.25) is 0 Å². The normalized spacial score (nSPS) is 21.3. The number of likely N-dealkylation sites (tertiary alicyclic amines) is 1. The molecular formula is C20H28N2O3. The number of carbonyl (C=O) groups excluding carboxylic acids is 2. The van der Waals surface area contributed by atoms with Gasteiger partial charge in [0.25, 0.3) is 5.91 Å². The van der Waals surface area contributed by atoms with Gasteiger partial charge in [-0.25, -0.2) is 0 Å². The molecule has 1 N–H and O–H groups in total. The van der Waals surface area contributed by atoms with Crippen LogP contribution in [-0.4, -0.2) is 42.5 Å². The number of carbonyl (C=O) groups is 2. The van der Waals surface area contributed by atoms with Crippen molar-refractivity contribution in [1.82, 2.24) is 4.90 Å². The predicted octanol–water partition coefficient (Wildman–Crippen LogP) is 3.46. The summed E-state index contributed by atoms with van der Waals surface area (Å²) in [5.74, 6) is 0.641. The van der Waals surface area contributed by atoms with Crippen molar-refractivity contribution in [2.45, 2.75) is 51.6 Å². The molecule has 0 saturated carbocycles. The highest BCUT2D eigenvalue weighted by molar-refractivity contribution is 6.03. The lowest BCUT2D eigenvalue weighted by atomic mass is 9.98. The molecule has 2 fully saturated rings. The molecule has 0 spiro atoms. The molecule has 1 atom stereocenters. The summed E-state index contributed by atoms with van der Waals surface area (Å²) >= 11 is 0. The van der Waals surface area contributed by atoms with Gasteiger partial charge in [0.1, 0.15) is 0 Å². The van der Waals surface area contributed by atoms with Crippen molar-refractivity contribution in [1.29, 1.82) is 0 Å². The Hall–Kier alpha value is -1.88. The topological polar surface area (TPSA) is 58.6 Å². The van der Waals surface area contributed by atoms with Gasteiger partial charge in [-0.2, -0.15) is 0 Å². The number of hydrogen-bond donors (Lipinski definition) is 1. The van der Waals surface area contributed by atoms with Gasteiger partial charge < -0.3 is 15.0 Å². The Morgan fingerprint density at radius 3 is 2.68 bits per heavy atom. The maximum Gasteiger partial charge on any atom is 0.255 e. The van der Waals surface area contributed by atoms with Crippen LogP contribution in [-0.2, 0) is 9.53 Å². The maximum atomic E-state index is 12.8. The first kappa shape index (κ1) is 17.9. The van der Waals surface area contributed by atoms with Crippen LogP contribution < -0.4 is 5.32 Å². The summed E-state index contributed by atoms with van der Waals surface area (Å²) in [5, 5.41) is 2.92. The van der Waals surface area contributed by atoms with Crippen LogP contribution in [0.15, 0.2) is 24.3 Å². The molecule has 2 amide bonds. The standard InChI is InChI=1S/C20H28N2O3/c1-15-10-12-22(13-11-15)20(24)17-6-2-3-7-18(17)21-19(23)9-8-16-5-4-14-25-16/h2-3,6-7,15-16H,4-5,8-14H2,1H3,(H,21,23). The molecule has 25 heavy (non-hydrogen) atoms. The van der Waals surface area contributed by atoms with Crippen LogP contribution in [0.3, 0.4) is 0 Å². The number of amides is 2. The first-order valence-corrected chi connectivity index (χ1v) is 9.43. The van der Waals surface area contributed by atoms with Crippen molar-refractivity contribution in [3.8, 4) is 0 Å². The molecule has 0 bridgehead atoms. The number of ether oxygens (including phenoxy) is 1. The summed E-state index contributed by atoms with van der Waals surface area (Å²) in [6.45, 7) is 4.62. The van der Waals surface area contributed by atoms with Crippen LogP contribution in [0.1, 0.15) is 55.8 Å². The fourth-order valence-electron chi connectivity index (χ4n) is 3.54. The van der Waals surface area contributed by atoms with Gasteiger partial charge in [-0.3, -0.25) is 9.59 Å². The van der Waals surface area contributed by atoms with Gasteiger partial charge >= 0.3 is 0 Å².